The summed E-state index contributed by atoms with van der Waals surface area (Å²) in [6.07, 6.45) is 3.32. The fourth-order valence-electron chi connectivity index (χ4n) is 3.67. The molecule has 0 aliphatic carbocycles. The highest BCUT2D eigenvalue weighted by molar-refractivity contribution is 7.93. The van der Waals surface area contributed by atoms with Gasteiger partial charge in [-0.3, -0.25) is 9.29 Å². The lowest BCUT2D eigenvalue weighted by Gasteiger charge is -2.21. The van der Waals surface area contributed by atoms with E-state index in [9.17, 15) is 8.42 Å². The second kappa shape index (κ2) is 9.97. The monoisotopic (exact) mass is 512 g/mol. The Morgan fingerprint density at radius 1 is 0.972 bits per heavy atom. The minimum absolute atomic E-state index is 0.0503. The summed E-state index contributed by atoms with van der Waals surface area (Å²) >= 11 is 0. The molecule has 0 unspecified atom stereocenters. The van der Waals surface area contributed by atoms with Gasteiger partial charge in [-0.25, -0.2) is 18.4 Å². The van der Waals surface area contributed by atoms with Gasteiger partial charge in [-0.2, -0.15) is 0 Å². The van der Waals surface area contributed by atoms with Crippen LogP contribution in [0.4, 0.5) is 5.95 Å². The molecule has 0 saturated heterocycles. The predicted octanol–water partition coefficient (Wildman–Crippen LogP) is 3.89. The highest BCUT2D eigenvalue weighted by atomic mass is 32.2. The van der Waals surface area contributed by atoms with Crippen LogP contribution < -0.4 is 14.2 Å². The maximum atomic E-state index is 13.5. The zero-order valence-corrected chi connectivity index (χ0v) is 21.7. The summed E-state index contributed by atoms with van der Waals surface area (Å²) in [6.45, 7) is 7.03. The molecule has 0 fully saturated rings. The number of hydrogen-bond donors (Lipinski definition) is 1. The SMILES string of the molecule is COc1cccc(OC)c1-n1c(NS(=O)(=O)[C@@H](C)[C@H](C)c2ncc(C)cn2)nnc1-c1ccc(C)o1. The molecule has 190 valence electrons. The number of furan rings is 1. The first-order chi connectivity index (χ1) is 17.2. The molecule has 2 atom stereocenters. The third-order valence-corrected chi connectivity index (χ3v) is 7.74. The smallest absolute Gasteiger partial charge is 0.243 e. The van der Waals surface area contributed by atoms with E-state index >= 15 is 0 Å². The van der Waals surface area contributed by atoms with Crippen molar-refractivity contribution in [2.45, 2.75) is 38.9 Å². The molecular formula is C24H28N6O5S. The van der Waals surface area contributed by atoms with Gasteiger partial charge in [0.2, 0.25) is 21.8 Å². The van der Waals surface area contributed by atoms with E-state index < -0.39 is 21.2 Å². The fraction of sp³-hybridized carbons (Fsp3) is 0.333. The van der Waals surface area contributed by atoms with Crippen molar-refractivity contribution in [1.29, 1.82) is 0 Å². The van der Waals surface area contributed by atoms with E-state index in [0.717, 1.165) is 5.56 Å². The van der Waals surface area contributed by atoms with Crippen LogP contribution in [-0.2, 0) is 10.0 Å². The molecule has 1 aromatic carbocycles. The normalized spacial score (nSPS) is 13.3. The maximum Gasteiger partial charge on any atom is 0.243 e. The first kappa shape index (κ1) is 25.2. The summed E-state index contributed by atoms with van der Waals surface area (Å²) in [6, 6.07) is 8.73. The summed E-state index contributed by atoms with van der Waals surface area (Å²) in [5.74, 6) is 2.06. The Balaban J connectivity index is 1.81. The van der Waals surface area contributed by atoms with Crippen LogP contribution in [0.2, 0.25) is 0 Å². The van der Waals surface area contributed by atoms with Gasteiger partial charge < -0.3 is 13.9 Å². The van der Waals surface area contributed by atoms with Gasteiger partial charge in [0.1, 0.15) is 28.8 Å². The molecule has 0 bridgehead atoms. The number of para-hydroxylation sites is 1. The van der Waals surface area contributed by atoms with Crippen molar-refractivity contribution in [3.05, 3.63) is 59.9 Å². The first-order valence-corrected chi connectivity index (χ1v) is 12.7. The van der Waals surface area contributed by atoms with Crippen LogP contribution in [0.5, 0.6) is 11.5 Å². The Hall–Kier alpha value is -3.93. The topological polar surface area (TPSA) is 134 Å². The number of methoxy groups -OCH3 is 2. The number of sulfonamides is 1. The van der Waals surface area contributed by atoms with Gasteiger partial charge in [0, 0.05) is 18.3 Å². The second-order valence-electron chi connectivity index (χ2n) is 8.36. The Bertz CT molecular complexity index is 1440. The third-order valence-electron chi connectivity index (χ3n) is 5.88. The first-order valence-electron chi connectivity index (χ1n) is 11.2. The van der Waals surface area contributed by atoms with E-state index in [1.807, 2.05) is 6.92 Å². The average molecular weight is 513 g/mol. The summed E-state index contributed by atoms with van der Waals surface area (Å²) in [5, 5.41) is 7.51. The van der Waals surface area contributed by atoms with E-state index in [1.165, 1.54) is 18.8 Å². The number of aromatic nitrogens is 5. The molecule has 0 aliphatic rings. The zero-order chi connectivity index (χ0) is 26.0. The van der Waals surface area contributed by atoms with Crippen LogP contribution >= 0.6 is 0 Å². The molecule has 4 aromatic rings. The number of anilines is 1. The molecular weight excluding hydrogens is 484 g/mol. The molecule has 11 nitrogen and oxygen atoms in total. The Labute approximate surface area is 209 Å². The molecule has 0 radical (unpaired) electrons. The highest BCUT2D eigenvalue weighted by Gasteiger charge is 2.32. The van der Waals surface area contributed by atoms with Crippen molar-refractivity contribution < 1.29 is 22.3 Å². The highest BCUT2D eigenvalue weighted by Crippen LogP contribution is 2.38. The molecule has 3 heterocycles. The summed E-state index contributed by atoms with van der Waals surface area (Å²) in [4.78, 5) is 8.59. The molecule has 3 aromatic heterocycles. The van der Waals surface area contributed by atoms with E-state index in [-0.39, 0.29) is 11.8 Å². The fourth-order valence-corrected chi connectivity index (χ4v) is 4.90. The quantitative estimate of drug-likeness (QED) is 0.354. The van der Waals surface area contributed by atoms with Crippen molar-refractivity contribution >= 4 is 16.0 Å². The van der Waals surface area contributed by atoms with Gasteiger partial charge in [-0.05, 0) is 50.6 Å². The molecule has 36 heavy (non-hydrogen) atoms. The third kappa shape index (κ3) is 4.76. The Morgan fingerprint density at radius 2 is 1.61 bits per heavy atom. The summed E-state index contributed by atoms with van der Waals surface area (Å²) < 4.78 is 48.0. The lowest BCUT2D eigenvalue weighted by Crippen LogP contribution is -2.31. The van der Waals surface area contributed by atoms with Crippen LogP contribution in [0.1, 0.15) is 36.9 Å². The molecule has 12 heteroatoms. The zero-order valence-electron chi connectivity index (χ0n) is 20.9. The van der Waals surface area contributed by atoms with Crippen LogP contribution in [0, 0.1) is 13.8 Å². The number of hydrogen-bond acceptors (Lipinski definition) is 9. The largest absolute Gasteiger partial charge is 0.494 e. The number of ether oxygens (including phenoxy) is 2. The molecule has 0 amide bonds. The van der Waals surface area contributed by atoms with E-state index in [2.05, 4.69) is 24.9 Å². The number of rotatable bonds is 9. The lowest BCUT2D eigenvalue weighted by atomic mass is 10.1. The van der Waals surface area contributed by atoms with Crippen molar-refractivity contribution in [1.82, 2.24) is 24.7 Å². The van der Waals surface area contributed by atoms with E-state index in [4.69, 9.17) is 13.9 Å². The van der Waals surface area contributed by atoms with Crippen LogP contribution in [0.3, 0.4) is 0 Å². The summed E-state index contributed by atoms with van der Waals surface area (Å²) in [5.41, 5.74) is 1.30. The number of nitrogens with one attached hydrogen (secondary N) is 1. The van der Waals surface area contributed by atoms with E-state index in [1.54, 1.807) is 63.5 Å². The lowest BCUT2D eigenvalue weighted by molar-refractivity contribution is 0.391. The van der Waals surface area contributed by atoms with Crippen LogP contribution in [0.15, 0.2) is 47.1 Å². The van der Waals surface area contributed by atoms with Crippen LogP contribution in [-0.4, -0.2) is 52.6 Å². The molecule has 0 saturated carbocycles. The summed E-state index contributed by atoms with van der Waals surface area (Å²) in [7, 11) is -0.953. The predicted molar refractivity (Wildman–Crippen MR) is 134 cm³/mol. The Morgan fingerprint density at radius 3 is 2.17 bits per heavy atom. The van der Waals surface area contributed by atoms with Gasteiger partial charge in [0.05, 0.1) is 19.5 Å². The molecule has 4 rings (SSSR count). The van der Waals surface area contributed by atoms with Crippen molar-refractivity contribution in [3.8, 4) is 28.8 Å². The molecule has 1 N–H and O–H groups in total. The van der Waals surface area contributed by atoms with Gasteiger partial charge in [0.15, 0.2) is 5.76 Å². The standard InChI is InChI=1S/C24H28N6O5S/c1-14-12-25-22(26-13-14)16(3)17(4)36(31,32)29-24-28-27-23(20-11-10-15(2)35-20)30(24)21-18(33-5)8-7-9-19(21)34-6/h7-13,16-17H,1-6H3,(H,28,29)/t16-,17-/m0/s1. The number of aryl methyl sites for hydroxylation is 2. The van der Waals surface area contributed by atoms with Crippen molar-refractivity contribution in [2.24, 2.45) is 0 Å². The van der Waals surface area contributed by atoms with Gasteiger partial charge in [-0.15, -0.1) is 10.2 Å². The average Bonchev–Trinajstić information content (AvgIpc) is 3.48. The Kier molecular flexibility index (Phi) is 6.97. The van der Waals surface area contributed by atoms with E-state index in [0.29, 0.717) is 34.5 Å². The second-order valence-corrected chi connectivity index (χ2v) is 10.4. The van der Waals surface area contributed by atoms with Gasteiger partial charge >= 0.3 is 0 Å². The minimum atomic E-state index is -3.97. The molecule has 0 spiro atoms. The van der Waals surface area contributed by atoms with Crippen molar-refractivity contribution in [3.63, 3.8) is 0 Å². The minimum Gasteiger partial charge on any atom is -0.494 e. The number of benzene rings is 1. The van der Waals surface area contributed by atoms with Crippen LogP contribution in [0.25, 0.3) is 17.3 Å². The number of nitrogens with zero attached hydrogens (tertiary/aromatic N) is 5. The van der Waals surface area contributed by atoms with Crippen molar-refractivity contribution in [2.75, 3.05) is 18.9 Å². The maximum absolute atomic E-state index is 13.5. The van der Waals surface area contributed by atoms with Gasteiger partial charge in [-0.1, -0.05) is 13.0 Å². The molecule has 0 aliphatic heterocycles. The van der Waals surface area contributed by atoms with Gasteiger partial charge in [0.25, 0.3) is 0 Å².